The van der Waals surface area contributed by atoms with Crippen molar-refractivity contribution in [1.29, 1.82) is 0 Å². The van der Waals surface area contributed by atoms with Gasteiger partial charge in [-0.15, -0.1) is 0 Å². The molecule has 2 aromatic heterocycles. The highest BCUT2D eigenvalue weighted by atomic mass is 16.5. The Bertz CT molecular complexity index is 1410. The average Bonchev–Trinajstić information content (AvgIpc) is 3.22. The zero-order chi connectivity index (χ0) is 20.7. The summed E-state index contributed by atoms with van der Waals surface area (Å²) in [4.78, 5) is 25.6. The predicted octanol–water partition coefficient (Wildman–Crippen LogP) is 3.74. The summed E-state index contributed by atoms with van der Waals surface area (Å²) in [5, 5.41) is 2.04. The molecule has 5 rings (SSSR count). The number of nitrogens with two attached hydrogens (primary N) is 1. The van der Waals surface area contributed by atoms with Crippen LogP contribution in [-0.2, 0) is 0 Å². The van der Waals surface area contributed by atoms with E-state index in [1.54, 1.807) is 13.4 Å². The highest BCUT2D eigenvalue weighted by Gasteiger charge is 2.18. The van der Waals surface area contributed by atoms with Crippen molar-refractivity contribution in [2.45, 2.75) is 0 Å². The number of primary amides is 1. The van der Waals surface area contributed by atoms with Gasteiger partial charge in [0.05, 0.1) is 7.11 Å². The molecule has 0 unspecified atom stereocenters. The number of imidazole rings is 1. The quantitative estimate of drug-likeness (QED) is 0.500. The second-order valence-corrected chi connectivity index (χ2v) is 6.81. The minimum absolute atomic E-state index is 0.0968. The molecule has 3 aromatic carbocycles. The summed E-state index contributed by atoms with van der Waals surface area (Å²) >= 11 is 0. The van der Waals surface area contributed by atoms with E-state index in [9.17, 15) is 4.79 Å². The highest BCUT2D eigenvalue weighted by Crippen LogP contribution is 2.27. The van der Waals surface area contributed by atoms with Crippen LogP contribution in [0.25, 0.3) is 39.0 Å². The van der Waals surface area contributed by atoms with Crippen LogP contribution >= 0.6 is 0 Å². The number of amides is 1. The molecule has 0 saturated heterocycles. The lowest BCUT2D eigenvalue weighted by atomic mass is 10.1. The van der Waals surface area contributed by atoms with E-state index in [4.69, 9.17) is 15.5 Å². The third-order valence-corrected chi connectivity index (χ3v) is 4.97. The van der Waals surface area contributed by atoms with Crippen molar-refractivity contribution >= 4 is 27.8 Å². The SMILES string of the molecule is COc1ccc2cc(-c3nc(C(N)=O)c4ncn(-c5ccccc5)c4n3)ccc2c1. The van der Waals surface area contributed by atoms with Crippen molar-refractivity contribution in [1.82, 2.24) is 19.5 Å². The molecule has 0 radical (unpaired) electrons. The molecule has 7 nitrogen and oxygen atoms in total. The van der Waals surface area contributed by atoms with Crippen LogP contribution in [-0.4, -0.2) is 32.5 Å². The number of benzene rings is 3. The fourth-order valence-electron chi connectivity index (χ4n) is 3.47. The van der Waals surface area contributed by atoms with E-state index in [2.05, 4.69) is 9.97 Å². The molecule has 146 valence electrons. The van der Waals surface area contributed by atoms with Gasteiger partial charge in [-0.05, 0) is 41.1 Å². The molecular weight excluding hydrogens is 378 g/mol. The van der Waals surface area contributed by atoms with Crippen LogP contribution in [0.1, 0.15) is 10.5 Å². The molecule has 30 heavy (non-hydrogen) atoms. The van der Waals surface area contributed by atoms with E-state index >= 15 is 0 Å². The van der Waals surface area contributed by atoms with E-state index < -0.39 is 5.91 Å². The Morgan fingerprint density at radius 2 is 1.73 bits per heavy atom. The van der Waals surface area contributed by atoms with Crippen molar-refractivity contribution in [3.05, 3.63) is 78.8 Å². The Morgan fingerprint density at radius 1 is 0.967 bits per heavy atom. The van der Waals surface area contributed by atoms with Crippen molar-refractivity contribution in [3.63, 3.8) is 0 Å². The lowest BCUT2D eigenvalue weighted by Gasteiger charge is -2.08. The van der Waals surface area contributed by atoms with Gasteiger partial charge in [0.1, 0.15) is 17.6 Å². The average molecular weight is 395 g/mol. The van der Waals surface area contributed by atoms with Crippen LogP contribution < -0.4 is 10.5 Å². The number of fused-ring (bicyclic) bond motifs is 2. The van der Waals surface area contributed by atoms with Crippen molar-refractivity contribution in [3.8, 4) is 22.8 Å². The minimum Gasteiger partial charge on any atom is -0.497 e. The molecule has 0 bridgehead atoms. The highest BCUT2D eigenvalue weighted by molar-refractivity contribution is 6.02. The first-order chi connectivity index (χ1) is 14.6. The predicted molar refractivity (Wildman–Crippen MR) is 115 cm³/mol. The van der Waals surface area contributed by atoms with Crippen molar-refractivity contribution in [2.75, 3.05) is 7.11 Å². The Kier molecular flexibility index (Phi) is 4.14. The number of ether oxygens (including phenoxy) is 1. The van der Waals surface area contributed by atoms with E-state index in [1.807, 2.05) is 71.3 Å². The minimum atomic E-state index is -0.646. The maximum absolute atomic E-state index is 12.1. The van der Waals surface area contributed by atoms with Crippen molar-refractivity contribution in [2.24, 2.45) is 5.73 Å². The summed E-state index contributed by atoms with van der Waals surface area (Å²) in [5.74, 6) is 0.551. The van der Waals surface area contributed by atoms with Gasteiger partial charge in [0.15, 0.2) is 17.2 Å². The topological polar surface area (TPSA) is 95.9 Å². The van der Waals surface area contributed by atoms with Gasteiger partial charge in [-0.3, -0.25) is 9.36 Å². The third-order valence-electron chi connectivity index (χ3n) is 4.97. The second kappa shape index (κ2) is 6.97. The molecule has 0 spiro atoms. The standard InChI is InChI=1S/C23H17N5O2/c1-30-18-10-9-14-11-16(8-7-15(14)12-18)22-26-19(21(24)29)20-23(27-22)28(13-25-20)17-5-3-2-4-6-17/h2-13H,1H3,(H2,24,29). The Morgan fingerprint density at radius 3 is 2.50 bits per heavy atom. The molecule has 1 amide bonds. The normalized spacial score (nSPS) is 11.1. The summed E-state index contributed by atoms with van der Waals surface area (Å²) in [6, 6.07) is 21.4. The maximum Gasteiger partial charge on any atom is 0.269 e. The molecule has 7 heteroatoms. The lowest BCUT2D eigenvalue weighted by Crippen LogP contribution is -2.15. The van der Waals surface area contributed by atoms with Gasteiger partial charge in [0, 0.05) is 11.3 Å². The Hall–Kier alpha value is -4.26. The molecule has 5 aromatic rings. The molecule has 0 atom stereocenters. The molecular formula is C23H17N5O2. The second-order valence-electron chi connectivity index (χ2n) is 6.81. The molecule has 0 aliphatic rings. The van der Waals surface area contributed by atoms with Crippen LogP contribution in [0.5, 0.6) is 5.75 Å². The van der Waals surface area contributed by atoms with Crippen LogP contribution in [0.4, 0.5) is 0 Å². The molecule has 2 heterocycles. The number of carbonyl (C=O) groups is 1. The van der Waals surface area contributed by atoms with Crippen LogP contribution in [0.2, 0.25) is 0 Å². The molecule has 0 saturated carbocycles. The largest absolute Gasteiger partial charge is 0.497 e. The number of hydrogen-bond acceptors (Lipinski definition) is 5. The van der Waals surface area contributed by atoms with E-state index in [-0.39, 0.29) is 5.69 Å². The molecule has 0 fully saturated rings. The Labute approximate surface area is 171 Å². The fourth-order valence-corrected chi connectivity index (χ4v) is 3.47. The Balaban J connectivity index is 1.73. The molecule has 0 aliphatic heterocycles. The van der Waals surface area contributed by atoms with E-state index in [1.165, 1.54) is 0 Å². The van der Waals surface area contributed by atoms with E-state index in [0.717, 1.165) is 27.8 Å². The van der Waals surface area contributed by atoms with Crippen molar-refractivity contribution < 1.29 is 9.53 Å². The van der Waals surface area contributed by atoms with Gasteiger partial charge in [0.25, 0.3) is 5.91 Å². The zero-order valence-electron chi connectivity index (χ0n) is 16.1. The first-order valence-electron chi connectivity index (χ1n) is 9.32. The fraction of sp³-hybridized carbons (Fsp3) is 0.0435. The molecule has 2 N–H and O–H groups in total. The number of methoxy groups -OCH3 is 1. The smallest absolute Gasteiger partial charge is 0.269 e. The lowest BCUT2D eigenvalue weighted by molar-refractivity contribution is 0.0997. The zero-order valence-corrected chi connectivity index (χ0v) is 16.1. The van der Waals surface area contributed by atoms with Gasteiger partial charge in [-0.1, -0.05) is 36.4 Å². The first-order valence-corrected chi connectivity index (χ1v) is 9.32. The summed E-state index contributed by atoms with van der Waals surface area (Å²) in [6.07, 6.45) is 1.62. The third kappa shape index (κ3) is 2.93. The maximum atomic E-state index is 12.1. The summed E-state index contributed by atoms with van der Waals surface area (Å²) in [6.45, 7) is 0. The number of aromatic nitrogens is 4. The number of carbonyl (C=O) groups excluding carboxylic acids is 1. The number of rotatable bonds is 4. The van der Waals surface area contributed by atoms with Crippen LogP contribution in [0.3, 0.4) is 0 Å². The summed E-state index contributed by atoms with van der Waals surface area (Å²) in [5.41, 5.74) is 8.26. The summed E-state index contributed by atoms with van der Waals surface area (Å²) in [7, 11) is 1.64. The molecule has 0 aliphatic carbocycles. The number of hydrogen-bond donors (Lipinski definition) is 1. The number of nitrogens with zero attached hydrogens (tertiary/aromatic N) is 4. The number of para-hydroxylation sites is 1. The van der Waals surface area contributed by atoms with E-state index in [0.29, 0.717) is 17.0 Å². The van der Waals surface area contributed by atoms with Crippen LogP contribution in [0.15, 0.2) is 73.1 Å². The van der Waals surface area contributed by atoms with Gasteiger partial charge >= 0.3 is 0 Å². The first kappa shape index (κ1) is 17.8. The van der Waals surface area contributed by atoms with Gasteiger partial charge in [0.2, 0.25) is 0 Å². The van der Waals surface area contributed by atoms with Gasteiger partial charge < -0.3 is 10.5 Å². The van der Waals surface area contributed by atoms with Gasteiger partial charge in [-0.25, -0.2) is 15.0 Å². The monoisotopic (exact) mass is 395 g/mol. The van der Waals surface area contributed by atoms with Crippen LogP contribution in [0, 0.1) is 0 Å². The van der Waals surface area contributed by atoms with Gasteiger partial charge in [-0.2, -0.15) is 0 Å². The summed E-state index contributed by atoms with van der Waals surface area (Å²) < 4.78 is 7.11.